The predicted octanol–water partition coefficient (Wildman–Crippen LogP) is 7.39. The zero-order valence-electron chi connectivity index (χ0n) is 16.9. The van der Waals surface area contributed by atoms with Crippen molar-refractivity contribution in [2.75, 3.05) is 6.61 Å². The molecule has 0 aliphatic heterocycles. The highest BCUT2D eigenvalue weighted by molar-refractivity contribution is 5.85. The van der Waals surface area contributed by atoms with Crippen LogP contribution < -0.4 is 4.74 Å². The molecule has 0 amide bonds. The van der Waals surface area contributed by atoms with Crippen molar-refractivity contribution >= 4 is 10.8 Å². The maximum absolute atomic E-state index is 15.0. The van der Waals surface area contributed by atoms with Gasteiger partial charge in [-0.2, -0.15) is 0 Å². The first-order chi connectivity index (χ1) is 13.5. The van der Waals surface area contributed by atoms with Gasteiger partial charge in [0.1, 0.15) is 24.0 Å². The molecule has 2 aromatic rings. The SMILES string of the molecule is C/C=C/COc1cc(F)c2cc([C@@H]3CC[C@@H]4CC(C)CCC4C3)c(F)cc2c1. The van der Waals surface area contributed by atoms with E-state index in [0.29, 0.717) is 34.6 Å². The second-order valence-electron chi connectivity index (χ2n) is 8.83. The van der Waals surface area contributed by atoms with Gasteiger partial charge in [-0.15, -0.1) is 0 Å². The number of halogens is 2. The summed E-state index contributed by atoms with van der Waals surface area (Å²) < 4.78 is 35.3. The predicted molar refractivity (Wildman–Crippen MR) is 111 cm³/mol. The van der Waals surface area contributed by atoms with E-state index in [1.807, 2.05) is 19.1 Å². The number of allylic oxidation sites excluding steroid dienone is 1. The molecule has 2 aliphatic carbocycles. The molecule has 2 unspecified atom stereocenters. The van der Waals surface area contributed by atoms with E-state index in [1.165, 1.54) is 37.8 Å². The minimum atomic E-state index is -0.339. The molecule has 0 heterocycles. The molecule has 1 nitrogen and oxygen atoms in total. The van der Waals surface area contributed by atoms with Crippen LogP contribution in [-0.4, -0.2) is 6.61 Å². The fraction of sp³-hybridized carbons (Fsp3) is 0.520. The van der Waals surface area contributed by atoms with Crippen LogP contribution >= 0.6 is 0 Å². The fourth-order valence-corrected chi connectivity index (χ4v) is 5.37. The quantitative estimate of drug-likeness (QED) is 0.499. The largest absolute Gasteiger partial charge is 0.489 e. The van der Waals surface area contributed by atoms with Gasteiger partial charge in [-0.3, -0.25) is 0 Å². The molecule has 4 rings (SSSR count). The molecule has 28 heavy (non-hydrogen) atoms. The molecule has 0 N–H and O–H groups in total. The molecule has 2 fully saturated rings. The Bertz CT molecular complexity index is 872. The molecular formula is C25H30F2O. The Morgan fingerprint density at radius 2 is 1.75 bits per heavy atom. The lowest BCUT2D eigenvalue weighted by Gasteiger charge is -2.41. The summed E-state index contributed by atoms with van der Waals surface area (Å²) in [6.07, 6.45) is 10.9. The molecule has 0 aromatic heterocycles. The van der Waals surface area contributed by atoms with Gasteiger partial charge in [-0.1, -0.05) is 25.5 Å². The monoisotopic (exact) mass is 384 g/mol. The van der Waals surface area contributed by atoms with E-state index in [0.717, 1.165) is 24.7 Å². The van der Waals surface area contributed by atoms with E-state index < -0.39 is 0 Å². The summed E-state index contributed by atoms with van der Waals surface area (Å²) in [6.45, 7) is 4.64. The van der Waals surface area contributed by atoms with E-state index in [1.54, 1.807) is 12.1 Å². The Morgan fingerprint density at radius 1 is 0.964 bits per heavy atom. The van der Waals surface area contributed by atoms with Crippen molar-refractivity contribution < 1.29 is 13.5 Å². The average Bonchev–Trinajstić information content (AvgIpc) is 2.67. The number of hydrogen-bond donors (Lipinski definition) is 0. The van der Waals surface area contributed by atoms with Gasteiger partial charge in [0, 0.05) is 11.5 Å². The second-order valence-corrected chi connectivity index (χ2v) is 8.83. The van der Waals surface area contributed by atoms with Gasteiger partial charge in [0.2, 0.25) is 0 Å². The Labute approximate surface area is 166 Å². The highest BCUT2D eigenvalue weighted by Crippen LogP contribution is 2.48. The van der Waals surface area contributed by atoms with Gasteiger partial charge in [0.15, 0.2) is 0 Å². The van der Waals surface area contributed by atoms with Gasteiger partial charge in [-0.05, 0) is 91.8 Å². The molecule has 0 radical (unpaired) electrons. The van der Waals surface area contributed by atoms with Crippen LogP contribution in [0.3, 0.4) is 0 Å². The van der Waals surface area contributed by atoms with Crippen LogP contribution in [0.1, 0.15) is 63.9 Å². The summed E-state index contributed by atoms with van der Waals surface area (Å²) in [4.78, 5) is 0. The van der Waals surface area contributed by atoms with Crippen LogP contribution in [-0.2, 0) is 0 Å². The third-order valence-corrected chi connectivity index (χ3v) is 6.89. The van der Waals surface area contributed by atoms with E-state index >= 15 is 0 Å². The molecule has 2 aliphatic rings. The third kappa shape index (κ3) is 3.94. The maximum atomic E-state index is 15.0. The summed E-state index contributed by atoms with van der Waals surface area (Å²) in [5.74, 6) is 2.44. The van der Waals surface area contributed by atoms with Crippen LogP contribution in [0.25, 0.3) is 10.8 Å². The van der Waals surface area contributed by atoms with Crippen LogP contribution in [0.2, 0.25) is 0 Å². The summed E-state index contributed by atoms with van der Waals surface area (Å²) in [5.41, 5.74) is 0.700. The van der Waals surface area contributed by atoms with Crippen molar-refractivity contribution in [1.82, 2.24) is 0 Å². The second kappa shape index (κ2) is 8.23. The van der Waals surface area contributed by atoms with Crippen LogP contribution in [0, 0.1) is 29.4 Å². The smallest absolute Gasteiger partial charge is 0.134 e. The van der Waals surface area contributed by atoms with Gasteiger partial charge in [-0.25, -0.2) is 8.78 Å². The minimum Gasteiger partial charge on any atom is -0.489 e. The minimum absolute atomic E-state index is 0.204. The first-order valence-corrected chi connectivity index (χ1v) is 10.7. The van der Waals surface area contributed by atoms with Gasteiger partial charge in [0.05, 0.1) is 0 Å². The van der Waals surface area contributed by atoms with Gasteiger partial charge >= 0.3 is 0 Å². The van der Waals surface area contributed by atoms with E-state index in [-0.39, 0.29) is 17.6 Å². The Balaban J connectivity index is 1.59. The third-order valence-electron chi connectivity index (χ3n) is 6.89. The number of hydrogen-bond acceptors (Lipinski definition) is 1. The van der Waals surface area contributed by atoms with Crippen molar-refractivity contribution in [3.8, 4) is 5.75 Å². The number of benzene rings is 2. The molecule has 2 aromatic carbocycles. The molecule has 150 valence electrons. The normalized spacial score (nSPS) is 27.9. The maximum Gasteiger partial charge on any atom is 0.134 e. The lowest BCUT2D eigenvalue weighted by atomic mass is 9.64. The van der Waals surface area contributed by atoms with E-state index in [2.05, 4.69) is 6.92 Å². The van der Waals surface area contributed by atoms with Crippen molar-refractivity contribution in [2.24, 2.45) is 17.8 Å². The Morgan fingerprint density at radius 3 is 2.57 bits per heavy atom. The zero-order chi connectivity index (χ0) is 19.7. The lowest BCUT2D eigenvalue weighted by molar-refractivity contribution is 0.124. The summed E-state index contributed by atoms with van der Waals surface area (Å²) in [6, 6.07) is 6.39. The Kier molecular flexibility index (Phi) is 5.70. The van der Waals surface area contributed by atoms with Crippen LogP contribution in [0.15, 0.2) is 36.4 Å². The summed E-state index contributed by atoms with van der Waals surface area (Å²) in [7, 11) is 0. The van der Waals surface area contributed by atoms with E-state index in [4.69, 9.17) is 4.74 Å². The zero-order valence-corrected chi connectivity index (χ0v) is 16.9. The number of ether oxygens (including phenoxy) is 1. The molecule has 0 saturated heterocycles. The molecule has 4 atom stereocenters. The molecule has 0 spiro atoms. The molecule has 2 saturated carbocycles. The highest BCUT2D eigenvalue weighted by Gasteiger charge is 2.35. The summed E-state index contributed by atoms with van der Waals surface area (Å²) in [5, 5.41) is 1.06. The molecule has 3 heteroatoms. The van der Waals surface area contributed by atoms with Crippen molar-refractivity contribution in [3.63, 3.8) is 0 Å². The topological polar surface area (TPSA) is 9.23 Å². The lowest BCUT2D eigenvalue weighted by Crippen LogP contribution is -2.29. The van der Waals surface area contributed by atoms with Crippen molar-refractivity contribution in [1.29, 1.82) is 0 Å². The van der Waals surface area contributed by atoms with Gasteiger partial charge < -0.3 is 4.74 Å². The number of rotatable bonds is 4. The first-order valence-electron chi connectivity index (χ1n) is 10.7. The van der Waals surface area contributed by atoms with Crippen molar-refractivity contribution in [2.45, 2.75) is 58.3 Å². The van der Waals surface area contributed by atoms with Crippen LogP contribution in [0.4, 0.5) is 8.78 Å². The van der Waals surface area contributed by atoms with Crippen molar-refractivity contribution in [3.05, 3.63) is 53.6 Å². The molecular weight excluding hydrogens is 354 g/mol. The highest BCUT2D eigenvalue weighted by atomic mass is 19.1. The summed E-state index contributed by atoms with van der Waals surface area (Å²) >= 11 is 0. The number of fused-ring (bicyclic) bond motifs is 2. The van der Waals surface area contributed by atoms with Gasteiger partial charge in [0.25, 0.3) is 0 Å². The Hall–Kier alpha value is -1.90. The average molecular weight is 385 g/mol. The standard InChI is InChI=1S/C25H30F2O/c1-3-4-9-28-21-12-20-13-24(26)22(15-23(20)25(27)14-21)19-8-7-17-10-16(2)5-6-18(17)11-19/h3-4,12-19H,5-11H2,1-2H3/b4-3+/t16?,17-,18?,19-/m1/s1. The first kappa shape index (κ1) is 19.4. The fourth-order valence-electron chi connectivity index (χ4n) is 5.37. The van der Waals surface area contributed by atoms with Crippen LogP contribution in [0.5, 0.6) is 5.75 Å². The molecule has 0 bridgehead atoms. The van der Waals surface area contributed by atoms with E-state index in [9.17, 15) is 8.78 Å².